The molecule has 3 fully saturated rings. The van der Waals surface area contributed by atoms with Crippen LogP contribution in [0.3, 0.4) is 0 Å². The van der Waals surface area contributed by atoms with Gasteiger partial charge >= 0.3 is 17.9 Å². The molecule has 0 unspecified atom stereocenters. The van der Waals surface area contributed by atoms with Crippen LogP contribution in [0.2, 0.25) is 0 Å². The number of unbranched alkanes of at least 4 members (excludes halogenated alkanes) is 2. The molecule has 4 rings (SSSR count). The Kier molecular flexibility index (Phi) is 18.6. The van der Waals surface area contributed by atoms with Gasteiger partial charge in [0.2, 0.25) is 0 Å². The lowest BCUT2D eigenvalue weighted by Gasteiger charge is -2.47. The smallest absolute Gasteiger partial charge is 0.333 e. The molecule has 0 radical (unpaired) electrons. The fraction of sp³-hybridized carbons (Fsp3) is 0.667. The van der Waals surface area contributed by atoms with Crippen LogP contribution in [-0.4, -0.2) is 113 Å². The summed E-state index contributed by atoms with van der Waals surface area (Å²) < 4.78 is 42.2. The fourth-order valence-corrected chi connectivity index (χ4v) is 6.80. The summed E-state index contributed by atoms with van der Waals surface area (Å²) in [6, 6.07) is 8.93. The van der Waals surface area contributed by atoms with E-state index < -0.39 is 85.9 Å². The van der Waals surface area contributed by atoms with Crippen molar-refractivity contribution in [1.29, 1.82) is 0 Å². The highest BCUT2D eigenvalue weighted by Gasteiger charge is 2.54. The molecule has 11 atom stereocenters. The zero-order valence-electron chi connectivity index (χ0n) is 33.0. The lowest BCUT2D eigenvalue weighted by molar-refractivity contribution is -0.369. The largest absolute Gasteiger partial charge is 0.463 e. The molecule has 312 valence electrons. The van der Waals surface area contributed by atoms with E-state index >= 15 is 0 Å². The summed E-state index contributed by atoms with van der Waals surface area (Å²) in [7, 11) is 0. The monoisotopic (exact) mass is 788 g/mol. The molecule has 0 aromatic heterocycles. The number of aliphatic hydroxyl groups excluding tert-OH is 3. The van der Waals surface area contributed by atoms with Gasteiger partial charge in [-0.15, -0.1) is 0 Å². The Morgan fingerprint density at radius 3 is 2.32 bits per heavy atom. The Balaban J connectivity index is 1.73. The molecule has 56 heavy (non-hydrogen) atoms. The second-order valence-electron chi connectivity index (χ2n) is 14.7. The van der Waals surface area contributed by atoms with Crippen LogP contribution in [0.4, 0.5) is 0 Å². The van der Waals surface area contributed by atoms with Gasteiger partial charge in [0.1, 0.15) is 42.9 Å². The zero-order chi connectivity index (χ0) is 40.6. The molecule has 1 aromatic rings. The van der Waals surface area contributed by atoms with Gasteiger partial charge in [-0.05, 0) is 51.7 Å². The van der Waals surface area contributed by atoms with Crippen molar-refractivity contribution in [3.8, 4) is 0 Å². The molecule has 0 spiro atoms. The minimum atomic E-state index is -1.73. The van der Waals surface area contributed by atoms with Crippen LogP contribution in [0.1, 0.15) is 110 Å². The summed E-state index contributed by atoms with van der Waals surface area (Å²) in [5.41, 5.74) is 0.879. The highest BCUT2D eigenvalue weighted by molar-refractivity contribution is 5.88. The van der Waals surface area contributed by atoms with E-state index in [2.05, 4.69) is 6.92 Å². The van der Waals surface area contributed by atoms with Gasteiger partial charge in [0.25, 0.3) is 0 Å². The predicted molar refractivity (Wildman–Crippen MR) is 202 cm³/mol. The van der Waals surface area contributed by atoms with E-state index in [-0.39, 0.29) is 30.3 Å². The maximum Gasteiger partial charge on any atom is 0.333 e. The van der Waals surface area contributed by atoms with Gasteiger partial charge in [0.15, 0.2) is 24.8 Å². The number of carbonyl (C=O) groups excluding carboxylic acids is 4. The number of ether oxygens (including phenoxy) is 7. The molecule has 3 saturated heterocycles. The molecular weight excluding hydrogens is 728 g/mol. The van der Waals surface area contributed by atoms with Crippen molar-refractivity contribution in [1.82, 2.24) is 0 Å². The Hall–Kier alpha value is -3.50. The van der Waals surface area contributed by atoms with E-state index in [0.29, 0.717) is 31.2 Å². The van der Waals surface area contributed by atoms with Crippen LogP contribution in [0.15, 0.2) is 48.1 Å². The maximum atomic E-state index is 13.3. The second-order valence-corrected chi connectivity index (χ2v) is 14.7. The Morgan fingerprint density at radius 1 is 0.839 bits per heavy atom. The molecule has 3 aliphatic rings. The molecular formula is C42H60O14. The van der Waals surface area contributed by atoms with Crippen LogP contribution in [-0.2, 0) is 52.3 Å². The number of carbonyl (C=O) groups is 4. The molecule has 0 amide bonds. The minimum absolute atomic E-state index is 0.00992. The lowest BCUT2D eigenvalue weighted by Crippen LogP contribution is -2.65. The maximum absolute atomic E-state index is 13.3. The topological polar surface area (TPSA) is 194 Å². The average molecular weight is 789 g/mol. The molecule has 3 heterocycles. The third kappa shape index (κ3) is 13.6. The number of aliphatic hydroxyl groups is 3. The number of cyclic esters (lactones) is 1. The summed E-state index contributed by atoms with van der Waals surface area (Å²) in [6.07, 6.45) is -3.26. The van der Waals surface area contributed by atoms with E-state index in [4.69, 9.17) is 33.2 Å². The second kappa shape index (κ2) is 23.0. The van der Waals surface area contributed by atoms with Gasteiger partial charge in [0, 0.05) is 24.5 Å². The number of esters is 3. The normalized spacial score (nSPS) is 33.2. The summed E-state index contributed by atoms with van der Waals surface area (Å²) in [6.45, 7) is 6.27. The Labute approximate surface area is 329 Å². The van der Waals surface area contributed by atoms with Crippen molar-refractivity contribution in [3.63, 3.8) is 0 Å². The molecule has 3 N–H and O–H groups in total. The van der Waals surface area contributed by atoms with Crippen molar-refractivity contribution < 1.29 is 67.7 Å². The van der Waals surface area contributed by atoms with Crippen LogP contribution < -0.4 is 0 Å². The predicted octanol–water partition coefficient (Wildman–Crippen LogP) is 4.64. The molecule has 0 aliphatic carbocycles. The summed E-state index contributed by atoms with van der Waals surface area (Å²) >= 11 is 0. The average Bonchev–Trinajstić information content (AvgIpc) is 3.19. The number of ketones is 1. The third-order valence-electron chi connectivity index (χ3n) is 10.4. The first kappa shape index (κ1) is 45.2. The first-order valence-electron chi connectivity index (χ1n) is 20.0. The van der Waals surface area contributed by atoms with Gasteiger partial charge in [-0.2, -0.15) is 0 Å². The van der Waals surface area contributed by atoms with Gasteiger partial charge in [-0.1, -0.05) is 81.9 Å². The van der Waals surface area contributed by atoms with Gasteiger partial charge in [0.05, 0.1) is 18.6 Å². The quantitative estimate of drug-likeness (QED) is 0.136. The summed E-state index contributed by atoms with van der Waals surface area (Å²) in [4.78, 5) is 52.0. The number of hydrogen-bond donors (Lipinski definition) is 3. The number of benzene rings is 1. The summed E-state index contributed by atoms with van der Waals surface area (Å²) in [5, 5.41) is 34.1. The van der Waals surface area contributed by atoms with Crippen molar-refractivity contribution in [2.45, 2.75) is 172 Å². The Bertz CT molecular complexity index is 1460. The van der Waals surface area contributed by atoms with Gasteiger partial charge in [-0.25, -0.2) is 9.59 Å². The first-order chi connectivity index (χ1) is 26.9. The number of hydrogen-bond acceptors (Lipinski definition) is 14. The number of allylic oxidation sites excluding steroid dienone is 1. The van der Waals surface area contributed by atoms with E-state index in [9.17, 15) is 34.5 Å². The number of Topliss-reactive ketones (excluding diaryl/α,β-unsaturated/α-hetero) is 1. The van der Waals surface area contributed by atoms with Gasteiger partial charge in [-0.3, -0.25) is 9.59 Å². The molecule has 1 aromatic carbocycles. The highest BCUT2D eigenvalue weighted by Crippen LogP contribution is 2.34. The van der Waals surface area contributed by atoms with Crippen LogP contribution in [0.5, 0.6) is 0 Å². The van der Waals surface area contributed by atoms with E-state index in [1.807, 2.05) is 6.07 Å². The zero-order valence-corrected chi connectivity index (χ0v) is 33.0. The number of fused-ring (bicyclic) bond motifs is 3. The highest BCUT2D eigenvalue weighted by atomic mass is 16.8. The van der Waals surface area contributed by atoms with Crippen molar-refractivity contribution in [2.24, 2.45) is 0 Å². The molecule has 2 bridgehead atoms. The minimum Gasteiger partial charge on any atom is -0.463 e. The summed E-state index contributed by atoms with van der Waals surface area (Å²) in [5.74, 6) is -2.52. The molecule has 0 saturated carbocycles. The lowest BCUT2D eigenvalue weighted by atomic mass is 9.96. The molecule has 14 heteroatoms. The van der Waals surface area contributed by atoms with Gasteiger partial charge < -0.3 is 48.5 Å². The van der Waals surface area contributed by atoms with Crippen molar-refractivity contribution in [3.05, 3.63) is 53.6 Å². The van der Waals surface area contributed by atoms with E-state index in [0.717, 1.165) is 44.6 Å². The van der Waals surface area contributed by atoms with E-state index in [1.165, 1.54) is 19.1 Å². The molecule has 3 aliphatic heterocycles. The SMILES string of the molecule is C/C=C(/C)C(=O)O[C@H]1[C@@H]2O[C@@H]3[C@@H](O[C@@H](CCCCC)CCCCCCC(=O)CCC(=O)OC[C@H](O2)[C@@H](O)[C@H]1OC(=O)/C=C/c1ccccc1)O[C@@H](C)[C@@H](O)[C@H]3O. The van der Waals surface area contributed by atoms with E-state index in [1.54, 1.807) is 38.1 Å². The van der Waals surface area contributed by atoms with Crippen LogP contribution in [0.25, 0.3) is 6.08 Å². The Morgan fingerprint density at radius 2 is 1.59 bits per heavy atom. The van der Waals surface area contributed by atoms with Crippen molar-refractivity contribution in [2.75, 3.05) is 6.61 Å². The first-order valence-corrected chi connectivity index (χ1v) is 20.0. The molecule has 14 nitrogen and oxygen atoms in total. The third-order valence-corrected chi connectivity index (χ3v) is 10.4. The van der Waals surface area contributed by atoms with Crippen molar-refractivity contribution >= 4 is 29.8 Å². The van der Waals surface area contributed by atoms with Crippen LogP contribution in [0, 0.1) is 0 Å². The fourth-order valence-electron chi connectivity index (χ4n) is 6.80. The van der Waals surface area contributed by atoms with Crippen LogP contribution >= 0.6 is 0 Å². The number of rotatable bonds is 9. The standard InChI is InChI=1S/C42H60O14/c1-5-7-11-19-30-20-15-9-8-14-18-29(43)22-24-32(44)50-25-31-35(47)37(54-33(45)23-21-28-16-12-10-13-17-28)39(55-40(49)26(3)6-2)42(53-31)56-38-36(48)34(46)27(4)51-41(38)52-30/h6,10,12-13,16-17,21,23,27,30-31,34-39,41-42,46-48H,5,7-9,11,14-15,18-20,22,24-25H2,1-4H3/b23-21+,26-6-/t27-,30-,31-,34+,35+,36+,37+,38-,39+,41+,42-/m0/s1.